The van der Waals surface area contributed by atoms with E-state index in [9.17, 15) is 8.42 Å². The average molecular weight is 247 g/mol. The third kappa shape index (κ3) is 5.34. The van der Waals surface area contributed by atoms with Gasteiger partial charge in [-0.2, -0.15) is 0 Å². The fourth-order valence-corrected chi connectivity index (χ4v) is 1.95. The molecule has 1 rings (SSSR count). The Morgan fingerprint density at radius 3 is 2.56 bits per heavy atom. The Hall–Kier alpha value is -0.780. The summed E-state index contributed by atoms with van der Waals surface area (Å²) in [5.74, 6) is 1.83. The van der Waals surface area contributed by atoms with Crippen LogP contribution in [0.15, 0.2) is 4.99 Å². The zero-order valence-electron chi connectivity index (χ0n) is 9.99. The van der Waals surface area contributed by atoms with Gasteiger partial charge in [0.1, 0.15) is 0 Å². The van der Waals surface area contributed by atoms with E-state index in [0.717, 1.165) is 12.5 Å². The van der Waals surface area contributed by atoms with Crippen molar-refractivity contribution in [1.82, 2.24) is 10.6 Å². The molecule has 2 N–H and O–H groups in total. The smallest absolute Gasteiger partial charge is 0.191 e. The largest absolute Gasteiger partial charge is 0.356 e. The van der Waals surface area contributed by atoms with Gasteiger partial charge in [0.15, 0.2) is 15.8 Å². The average Bonchev–Trinajstić information content (AvgIpc) is 3.07. The highest BCUT2D eigenvalue weighted by molar-refractivity contribution is 7.91. The van der Waals surface area contributed by atoms with E-state index >= 15 is 0 Å². The van der Waals surface area contributed by atoms with Crippen molar-refractivity contribution in [2.24, 2.45) is 10.9 Å². The number of nitrogens with zero attached hydrogens (tertiary/aromatic N) is 1. The molecular formula is C10H21N3O2S. The van der Waals surface area contributed by atoms with Crippen LogP contribution in [0.4, 0.5) is 0 Å². The Kier molecular flexibility index (Phi) is 5.05. The van der Waals surface area contributed by atoms with Gasteiger partial charge in [0.2, 0.25) is 0 Å². The van der Waals surface area contributed by atoms with Gasteiger partial charge in [0.05, 0.1) is 5.75 Å². The molecule has 0 bridgehead atoms. The SMILES string of the molecule is CCS(=O)(=O)CCNC(=NC)NCC1CC1. The Morgan fingerprint density at radius 1 is 1.38 bits per heavy atom. The van der Waals surface area contributed by atoms with Gasteiger partial charge in [0, 0.05) is 25.9 Å². The molecule has 0 heterocycles. The van der Waals surface area contributed by atoms with E-state index in [-0.39, 0.29) is 11.5 Å². The monoisotopic (exact) mass is 247 g/mol. The van der Waals surface area contributed by atoms with Gasteiger partial charge in [0.25, 0.3) is 0 Å². The molecule has 0 aliphatic heterocycles. The van der Waals surface area contributed by atoms with Crippen LogP contribution in [0.1, 0.15) is 19.8 Å². The second-order valence-corrected chi connectivity index (χ2v) is 6.53. The number of hydrogen-bond donors (Lipinski definition) is 2. The summed E-state index contributed by atoms with van der Waals surface area (Å²) in [7, 11) is -1.20. The first-order valence-electron chi connectivity index (χ1n) is 5.72. The number of hydrogen-bond acceptors (Lipinski definition) is 3. The van der Waals surface area contributed by atoms with Gasteiger partial charge < -0.3 is 10.6 Å². The first-order chi connectivity index (χ1) is 7.57. The maximum Gasteiger partial charge on any atom is 0.191 e. The lowest BCUT2D eigenvalue weighted by Crippen LogP contribution is -2.40. The van der Waals surface area contributed by atoms with Gasteiger partial charge in [-0.1, -0.05) is 6.92 Å². The Bertz CT molecular complexity index is 334. The minimum absolute atomic E-state index is 0.160. The zero-order chi connectivity index (χ0) is 12.0. The topological polar surface area (TPSA) is 70.6 Å². The predicted molar refractivity (Wildman–Crippen MR) is 66.4 cm³/mol. The van der Waals surface area contributed by atoms with E-state index in [1.165, 1.54) is 12.8 Å². The first kappa shape index (κ1) is 13.3. The van der Waals surface area contributed by atoms with Crippen molar-refractivity contribution >= 4 is 15.8 Å². The van der Waals surface area contributed by atoms with Crippen molar-refractivity contribution in [3.63, 3.8) is 0 Å². The van der Waals surface area contributed by atoms with E-state index in [2.05, 4.69) is 15.6 Å². The summed E-state index contributed by atoms with van der Waals surface area (Å²) in [4.78, 5) is 4.03. The first-order valence-corrected chi connectivity index (χ1v) is 7.54. The highest BCUT2D eigenvalue weighted by Crippen LogP contribution is 2.27. The van der Waals surface area contributed by atoms with Crippen LogP contribution in [0.2, 0.25) is 0 Å². The molecule has 0 saturated heterocycles. The maximum atomic E-state index is 11.2. The highest BCUT2D eigenvalue weighted by Gasteiger charge is 2.21. The fourth-order valence-electron chi connectivity index (χ4n) is 1.25. The van der Waals surface area contributed by atoms with E-state index in [1.54, 1.807) is 14.0 Å². The molecule has 1 fully saturated rings. The van der Waals surface area contributed by atoms with Crippen LogP contribution in [0.5, 0.6) is 0 Å². The molecule has 1 aliphatic rings. The van der Waals surface area contributed by atoms with Crippen molar-refractivity contribution in [3.8, 4) is 0 Å². The lowest BCUT2D eigenvalue weighted by Gasteiger charge is -2.11. The molecule has 0 amide bonds. The normalized spacial score (nSPS) is 17.2. The van der Waals surface area contributed by atoms with Gasteiger partial charge >= 0.3 is 0 Å². The Balaban J connectivity index is 2.18. The summed E-state index contributed by atoms with van der Waals surface area (Å²) < 4.78 is 22.5. The minimum Gasteiger partial charge on any atom is -0.356 e. The third-order valence-electron chi connectivity index (χ3n) is 2.62. The van der Waals surface area contributed by atoms with Gasteiger partial charge in [-0.3, -0.25) is 4.99 Å². The maximum absolute atomic E-state index is 11.2. The van der Waals surface area contributed by atoms with Gasteiger partial charge in [-0.25, -0.2) is 8.42 Å². The quantitative estimate of drug-likeness (QED) is 0.512. The lowest BCUT2D eigenvalue weighted by molar-refractivity contribution is 0.595. The molecule has 0 radical (unpaired) electrons. The van der Waals surface area contributed by atoms with Crippen LogP contribution < -0.4 is 10.6 Å². The molecule has 16 heavy (non-hydrogen) atoms. The molecule has 5 nitrogen and oxygen atoms in total. The predicted octanol–water partition coefficient (Wildman–Crippen LogP) is -0.00390. The van der Waals surface area contributed by atoms with Crippen LogP contribution in [0.3, 0.4) is 0 Å². The second kappa shape index (κ2) is 6.08. The van der Waals surface area contributed by atoms with Crippen molar-refractivity contribution in [3.05, 3.63) is 0 Å². The third-order valence-corrected chi connectivity index (χ3v) is 4.33. The highest BCUT2D eigenvalue weighted by atomic mass is 32.2. The molecule has 1 aliphatic carbocycles. The number of nitrogens with one attached hydrogen (secondary N) is 2. The van der Waals surface area contributed by atoms with Crippen LogP contribution >= 0.6 is 0 Å². The Labute approximate surface area is 97.6 Å². The van der Waals surface area contributed by atoms with Crippen LogP contribution in [-0.2, 0) is 9.84 Å². The summed E-state index contributed by atoms with van der Waals surface area (Å²) in [6.45, 7) is 3.01. The van der Waals surface area contributed by atoms with E-state index in [4.69, 9.17) is 0 Å². The molecule has 0 atom stereocenters. The molecule has 6 heteroatoms. The van der Waals surface area contributed by atoms with Crippen molar-refractivity contribution < 1.29 is 8.42 Å². The van der Waals surface area contributed by atoms with E-state index in [1.807, 2.05) is 0 Å². The standard InChI is InChI=1S/C10H21N3O2S/c1-3-16(14,15)7-6-12-10(11-2)13-8-9-4-5-9/h9H,3-8H2,1-2H3,(H2,11,12,13). The summed E-state index contributed by atoms with van der Waals surface area (Å²) in [6, 6.07) is 0. The molecule has 1 saturated carbocycles. The summed E-state index contributed by atoms with van der Waals surface area (Å²) >= 11 is 0. The number of sulfone groups is 1. The molecular weight excluding hydrogens is 226 g/mol. The van der Waals surface area contributed by atoms with Crippen molar-refractivity contribution in [1.29, 1.82) is 0 Å². The summed E-state index contributed by atoms with van der Waals surface area (Å²) in [5.41, 5.74) is 0. The van der Waals surface area contributed by atoms with Crippen LogP contribution in [-0.4, -0.2) is 46.0 Å². The van der Waals surface area contributed by atoms with E-state index in [0.29, 0.717) is 12.5 Å². The zero-order valence-corrected chi connectivity index (χ0v) is 10.8. The lowest BCUT2D eigenvalue weighted by atomic mass is 10.4. The molecule has 0 aromatic rings. The van der Waals surface area contributed by atoms with Crippen LogP contribution in [0.25, 0.3) is 0 Å². The number of rotatable bonds is 6. The number of guanidine groups is 1. The summed E-state index contributed by atoms with van der Waals surface area (Å²) in [5, 5.41) is 6.18. The van der Waals surface area contributed by atoms with Gasteiger partial charge in [-0.05, 0) is 18.8 Å². The van der Waals surface area contributed by atoms with Gasteiger partial charge in [-0.15, -0.1) is 0 Å². The molecule has 94 valence electrons. The molecule has 0 unspecified atom stereocenters. The molecule has 0 spiro atoms. The second-order valence-electron chi connectivity index (χ2n) is 4.06. The molecule has 0 aromatic carbocycles. The van der Waals surface area contributed by atoms with Crippen LogP contribution in [0, 0.1) is 5.92 Å². The Morgan fingerprint density at radius 2 is 2.06 bits per heavy atom. The van der Waals surface area contributed by atoms with Crippen molar-refractivity contribution in [2.75, 3.05) is 31.6 Å². The summed E-state index contributed by atoms with van der Waals surface area (Å²) in [6.07, 6.45) is 2.57. The fraction of sp³-hybridized carbons (Fsp3) is 0.900. The molecule has 0 aromatic heterocycles. The van der Waals surface area contributed by atoms with Crippen molar-refractivity contribution in [2.45, 2.75) is 19.8 Å². The van der Waals surface area contributed by atoms with E-state index < -0.39 is 9.84 Å². The minimum atomic E-state index is -2.89. The number of aliphatic imine (C=N–C) groups is 1.